The fourth-order valence-corrected chi connectivity index (χ4v) is 3.48. The van der Waals surface area contributed by atoms with Gasteiger partial charge < -0.3 is 9.84 Å². The summed E-state index contributed by atoms with van der Waals surface area (Å²) < 4.78 is 31.6. The van der Waals surface area contributed by atoms with E-state index in [9.17, 15) is 18.0 Å². The van der Waals surface area contributed by atoms with Crippen LogP contribution < -0.4 is 4.72 Å². The number of ether oxygens (including phenoxy) is 1. The van der Waals surface area contributed by atoms with Gasteiger partial charge in [-0.1, -0.05) is 25.4 Å². The lowest BCUT2D eigenvalue weighted by molar-refractivity contribution is -0.139. The molecule has 0 aliphatic heterocycles. The second-order valence-electron chi connectivity index (χ2n) is 5.27. The smallest absolute Gasteiger partial charge is 0.339 e. The number of hydrogen-bond donors (Lipinski definition) is 2. The number of rotatable bonds is 7. The summed E-state index contributed by atoms with van der Waals surface area (Å²) in [4.78, 5) is 22.6. The van der Waals surface area contributed by atoms with E-state index in [1.54, 1.807) is 13.8 Å². The lowest BCUT2D eigenvalue weighted by Gasteiger charge is -2.17. The second kappa shape index (κ2) is 7.76. The molecule has 0 saturated heterocycles. The Balaban J connectivity index is 3.27. The molecule has 1 atom stereocenters. The van der Waals surface area contributed by atoms with Gasteiger partial charge in [-0.25, -0.2) is 13.2 Å². The van der Waals surface area contributed by atoms with Crippen LogP contribution in [0.3, 0.4) is 0 Å². The third-order valence-electron chi connectivity index (χ3n) is 2.94. The van der Waals surface area contributed by atoms with Gasteiger partial charge in [0.25, 0.3) is 0 Å². The Bertz CT molecular complexity index is 701. The minimum atomic E-state index is -4.24. The number of hydrogen-bond acceptors (Lipinski definition) is 5. The van der Waals surface area contributed by atoms with Gasteiger partial charge in [-0.2, -0.15) is 4.72 Å². The van der Waals surface area contributed by atoms with Crippen molar-refractivity contribution < 1.29 is 27.9 Å². The highest BCUT2D eigenvalue weighted by Crippen LogP contribution is 2.22. The second-order valence-corrected chi connectivity index (χ2v) is 7.39. The van der Waals surface area contributed by atoms with E-state index < -0.39 is 28.0 Å². The van der Waals surface area contributed by atoms with Crippen LogP contribution in [0.5, 0.6) is 0 Å². The first-order valence-corrected chi connectivity index (χ1v) is 8.57. The third-order valence-corrected chi connectivity index (χ3v) is 4.70. The minimum absolute atomic E-state index is 0.0379. The molecule has 23 heavy (non-hydrogen) atoms. The molecule has 1 rings (SSSR count). The van der Waals surface area contributed by atoms with Gasteiger partial charge >= 0.3 is 11.9 Å². The molecule has 0 spiro atoms. The van der Waals surface area contributed by atoms with Crippen LogP contribution >= 0.6 is 11.6 Å². The number of methoxy groups -OCH3 is 1. The average molecular weight is 364 g/mol. The number of benzene rings is 1. The first-order valence-electron chi connectivity index (χ1n) is 6.71. The van der Waals surface area contributed by atoms with Crippen LogP contribution in [0.1, 0.15) is 30.6 Å². The molecular formula is C14H18ClNO6S. The van der Waals surface area contributed by atoms with Crippen molar-refractivity contribution in [3.8, 4) is 0 Å². The van der Waals surface area contributed by atoms with Gasteiger partial charge in [-0.05, 0) is 30.5 Å². The summed E-state index contributed by atoms with van der Waals surface area (Å²) in [5.41, 5.74) is -0.263. The van der Waals surface area contributed by atoms with Crippen molar-refractivity contribution in [2.75, 3.05) is 7.11 Å². The molecule has 0 aliphatic rings. The molecule has 2 N–H and O–H groups in total. The lowest BCUT2D eigenvalue weighted by atomic mass is 10.1. The highest BCUT2D eigenvalue weighted by atomic mass is 35.5. The van der Waals surface area contributed by atoms with Crippen molar-refractivity contribution in [3.63, 3.8) is 0 Å². The van der Waals surface area contributed by atoms with E-state index in [0.717, 1.165) is 19.2 Å². The lowest BCUT2D eigenvalue weighted by Crippen LogP contribution is -2.42. The largest absolute Gasteiger partial charge is 0.480 e. The van der Waals surface area contributed by atoms with E-state index in [-0.39, 0.29) is 27.8 Å². The Kier molecular flexibility index (Phi) is 6.55. The Morgan fingerprint density at radius 3 is 2.43 bits per heavy atom. The van der Waals surface area contributed by atoms with Crippen LogP contribution in [0.2, 0.25) is 5.02 Å². The van der Waals surface area contributed by atoms with E-state index in [1.807, 2.05) is 0 Å². The first-order chi connectivity index (χ1) is 10.6. The number of nitrogens with one attached hydrogen (secondary N) is 1. The molecule has 0 heterocycles. The number of aliphatic carboxylic acids is 1. The standard InChI is InChI=1S/C14H18ClNO6S/c1-8(2)6-11(13(17)18)16-23(20,21)12-5-4-9(15)7-10(12)14(19)22-3/h4-5,7-8,11,16H,6H2,1-3H3,(H,17,18)/t11-/m1/s1. The first kappa shape index (κ1) is 19.4. The van der Waals surface area contributed by atoms with Crippen molar-refractivity contribution in [1.29, 1.82) is 0 Å². The number of halogens is 1. The van der Waals surface area contributed by atoms with Crippen LogP contribution in [0.25, 0.3) is 0 Å². The molecule has 0 saturated carbocycles. The molecular weight excluding hydrogens is 346 g/mol. The molecule has 0 radical (unpaired) electrons. The topological polar surface area (TPSA) is 110 Å². The highest BCUT2D eigenvalue weighted by Gasteiger charge is 2.29. The van der Waals surface area contributed by atoms with Gasteiger partial charge in [0.1, 0.15) is 6.04 Å². The average Bonchev–Trinajstić information content (AvgIpc) is 2.44. The Hall–Kier alpha value is -1.64. The van der Waals surface area contributed by atoms with E-state index in [1.165, 1.54) is 6.07 Å². The van der Waals surface area contributed by atoms with Crippen molar-refractivity contribution in [1.82, 2.24) is 4.72 Å². The van der Waals surface area contributed by atoms with Crippen molar-refractivity contribution in [2.45, 2.75) is 31.2 Å². The molecule has 0 fully saturated rings. The monoisotopic (exact) mass is 363 g/mol. The number of carbonyl (C=O) groups excluding carboxylic acids is 1. The summed E-state index contributed by atoms with van der Waals surface area (Å²) in [6.07, 6.45) is 0.107. The van der Waals surface area contributed by atoms with Gasteiger partial charge in [0.15, 0.2) is 0 Å². The van der Waals surface area contributed by atoms with Gasteiger partial charge in [-0.15, -0.1) is 0 Å². The zero-order valence-electron chi connectivity index (χ0n) is 12.9. The fourth-order valence-electron chi connectivity index (χ4n) is 1.93. The van der Waals surface area contributed by atoms with Crippen LogP contribution in [0, 0.1) is 5.92 Å². The van der Waals surface area contributed by atoms with Crippen molar-refractivity contribution in [2.24, 2.45) is 5.92 Å². The Labute approximate surface area is 139 Å². The fraction of sp³-hybridized carbons (Fsp3) is 0.429. The van der Waals surface area contributed by atoms with Crippen molar-refractivity contribution >= 4 is 33.6 Å². The molecule has 0 unspecified atom stereocenters. The normalized spacial score (nSPS) is 12.9. The number of sulfonamides is 1. The highest BCUT2D eigenvalue weighted by molar-refractivity contribution is 7.89. The van der Waals surface area contributed by atoms with Crippen LogP contribution in [0.15, 0.2) is 23.1 Å². The van der Waals surface area contributed by atoms with Gasteiger partial charge in [0.2, 0.25) is 10.0 Å². The summed E-state index contributed by atoms with van der Waals surface area (Å²) in [6.45, 7) is 3.54. The zero-order valence-corrected chi connectivity index (χ0v) is 14.4. The molecule has 1 aromatic carbocycles. The predicted octanol–water partition coefficient (Wildman–Crippen LogP) is 1.90. The number of carbonyl (C=O) groups is 2. The zero-order chi connectivity index (χ0) is 17.8. The molecule has 128 valence electrons. The van der Waals surface area contributed by atoms with Crippen LogP contribution in [0.4, 0.5) is 0 Å². The summed E-state index contributed by atoms with van der Waals surface area (Å²) in [5, 5.41) is 9.32. The number of esters is 1. The Morgan fingerprint density at radius 1 is 1.35 bits per heavy atom. The predicted molar refractivity (Wildman–Crippen MR) is 84.0 cm³/mol. The molecule has 0 bridgehead atoms. The number of carboxylic acids is 1. The summed E-state index contributed by atoms with van der Waals surface area (Å²) in [5.74, 6) is -2.22. The van der Waals surface area contributed by atoms with E-state index in [2.05, 4.69) is 9.46 Å². The maximum Gasteiger partial charge on any atom is 0.339 e. The van der Waals surface area contributed by atoms with Crippen LogP contribution in [-0.4, -0.2) is 38.6 Å². The van der Waals surface area contributed by atoms with Crippen LogP contribution in [-0.2, 0) is 19.6 Å². The Morgan fingerprint density at radius 2 is 1.96 bits per heavy atom. The quantitative estimate of drug-likeness (QED) is 0.716. The molecule has 0 aromatic heterocycles. The van der Waals surface area contributed by atoms with Gasteiger partial charge in [0, 0.05) is 5.02 Å². The summed E-state index contributed by atoms with van der Waals surface area (Å²) >= 11 is 5.78. The van der Waals surface area contributed by atoms with E-state index >= 15 is 0 Å². The molecule has 0 aliphatic carbocycles. The summed E-state index contributed by atoms with van der Waals surface area (Å²) in [7, 11) is -3.14. The maximum atomic E-state index is 12.5. The van der Waals surface area contributed by atoms with E-state index in [4.69, 9.17) is 16.7 Å². The number of carboxylic acid groups (broad SMARTS) is 1. The molecule has 0 amide bonds. The van der Waals surface area contributed by atoms with E-state index in [0.29, 0.717) is 0 Å². The maximum absolute atomic E-state index is 12.5. The molecule has 7 nitrogen and oxygen atoms in total. The minimum Gasteiger partial charge on any atom is -0.480 e. The SMILES string of the molecule is COC(=O)c1cc(Cl)ccc1S(=O)(=O)N[C@H](CC(C)C)C(=O)O. The molecule has 9 heteroatoms. The summed E-state index contributed by atoms with van der Waals surface area (Å²) in [6, 6.07) is 2.27. The molecule has 1 aromatic rings. The van der Waals surface area contributed by atoms with Gasteiger partial charge in [-0.3, -0.25) is 4.79 Å². The third kappa shape index (κ3) is 5.19. The van der Waals surface area contributed by atoms with Crippen molar-refractivity contribution in [3.05, 3.63) is 28.8 Å². The van der Waals surface area contributed by atoms with Gasteiger partial charge in [0.05, 0.1) is 17.6 Å².